The zero-order valence-corrected chi connectivity index (χ0v) is 9.56. The number of aromatic nitrogens is 1. The number of benzene rings is 1. The number of nitrogens with two attached hydrogens (primary N) is 1. The Kier molecular flexibility index (Phi) is 3.12. The number of hydrogen-bond acceptors (Lipinski definition) is 3. The summed E-state index contributed by atoms with van der Waals surface area (Å²) in [7, 11) is 1.66. The van der Waals surface area contributed by atoms with E-state index in [1.54, 1.807) is 7.11 Å². The van der Waals surface area contributed by atoms with Gasteiger partial charge in [-0.3, -0.25) is 4.84 Å². The van der Waals surface area contributed by atoms with E-state index in [4.69, 9.17) is 15.5 Å². The minimum absolute atomic E-state index is 0.413. The Morgan fingerprint density at radius 3 is 2.81 bits per heavy atom. The predicted molar refractivity (Wildman–Crippen MR) is 63.1 cm³/mol. The van der Waals surface area contributed by atoms with Crippen LogP contribution in [0.5, 0.6) is 5.75 Å². The Balaban J connectivity index is 2.60. The molecule has 2 rings (SSSR count). The summed E-state index contributed by atoms with van der Waals surface area (Å²) in [5, 5.41) is 1.13. The minimum Gasteiger partial charge on any atom is -0.497 e. The third-order valence-corrected chi connectivity index (χ3v) is 2.75. The molecule has 1 aromatic carbocycles. The summed E-state index contributed by atoms with van der Waals surface area (Å²) in [6, 6.07) is 6.02. The Labute approximate surface area is 94.5 Å². The molecule has 0 amide bonds. The van der Waals surface area contributed by atoms with Crippen LogP contribution in [0.2, 0.25) is 0 Å². The number of rotatable bonds is 4. The van der Waals surface area contributed by atoms with Crippen LogP contribution in [0.25, 0.3) is 10.9 Å². The van der Waals surface area contributed by atoms with Gasteiger partial charge in [0.25, 0.3) is 0 Å². The molecule has 4 heteroatoms. The van der Waals surface area contributed by atoms with Gasteiger partial charge in [-0.1, -0.05) is 0 Å². The van der Waals surface area contributed by atoms with Crippen molar-refractivity contribution in [3.05, 3.63) is 30.0 Å². The molecule has 0 atom stereocenters. The standard InChI is InChI=1S/C12H16N2O2/c1-3-14-7-9(8-16-13)11-6-10(15-2)4-5-12(11)14/h4-7H,3,8,13H2,1-2H3. The van der Waals surface area contributed by atoms with Crippen molar-refractivity contribution >= 4 is 10.9 Å². The maximum absolute atomic E-state index is 5.22. The first-order valence-corrected chi connectivity index (χ1v) is 5.27. The van der Waals surface area contributed by atoms with E-state index in [9.17, 15) is 0 Å². The summed E-state index contributed by atoms with van der Waals surface area (Å²) in [5.41, 5.74) is 2.26. The van der Waals surface area contributed by atoms with Crippen LogP contribution >= 0.6 is 0 Å². The molecule has 0 radical (unpaired) electrons. The monoisotopic (exact) mass is 220 g/mol. The van der Waals surface area contributed by atoms with Crippen molar-refractivity contribution in [2.45, 2.75) is 20.1 Å². The molecular formula is C12H16N2O2. The lowest BCUT2D eigenvalue weighted by Crippen LogP contribution is -1.98. The Morgan fingerprint density at radius 1 is 1.38 bits per heavy atom. The average Bonchev–Trinajstić information content (AvgIpc) is 2.67. The van der Waals surface area contributed by atoms with E-state index in [0.717, 1.165) is 23.2 Å². The molecule has 0 aliphatic heterocycles. The number of methoxy groups -OCH3 is 1. The lowest BCUT2D eigenvalue weighted by atomic mass is 10.2. The van der Waals surface area contributed by atoms with Crippen LogP contribution in [-0.4, -0.2) is 11.7 Å². The van der Waals surface area contributed by atoms with Crippen molar-refractivity contribution in [1.29, 1.82) is 0 Å². The van der Waals surface area contributed by atoms with Crippen molar-refractivity contribution < 1.29 is 9.57 Å². The summed E-state index contributed by atoms with van der Waals surface area (Å²) in [6.07, 6.45) is 2.07. The molecule has 0 unspecified atom stereocenters. The van der Waals surface area contributed by atoms with E-state index in [2.05, 4.69) is 23.8 Å². The summed E-state index contributed by atoms with van der Waals surface area (Å²) in [6.45, 7) is 3.45. The molecule has 86 valence electrons. The highest BCUT2D eigenvalue weighted by molar-refractivity contribution is 5.85. The molecule has 0 aliphatic carbocycles. The SMILES string of the molecule is CCn1cc(CON)c2cc(OC)ccc21. The van der Waals surface area contributed by atoms with E-state index in [-0.39, 0.29) is 0 Å². The topological polar surface area (TPSA) is 49.4 Å². The number of ether oxygens (including phenoxy) is 1. The first-order chi connectivity index (χ1) is 7.80. The number of nitrogens with zero attached hydrogens (tertiary/aromatic N) is 1. The smallest absolute Gasteiger partial charge is 0.119 e. The van der Waals surface area contributed by atoms with E-state index < -0.39 is 0 Å². The van der Waals surface area contributed by atoms with Gasteiger partial charge in [0, 0.05) is 29.2 Å². The van der Waals surface area contributed by atoms with Crippen LogP contribution in [0.3, 0.4) is 0 Å². The van der Waals surface area contributed by atoms with Gasteiger partial charge in [-0.05, 0) is 25.1 Å². The fourth-order valence-electron chi connectivity index (χ4n) is 1.94. The van der Waals surface area contributed by atoms with Crippen molar-refractivity contribution in [3.63, 3.8) is 0 Å². The summed E-state index contributed by atoms with van der Waals surface area (Å²) in [5.74, 6) is 5.98. The van der Waals surface area contributed by atoms with Gasteiger partial charge in [0.15, 0.2) is 0 Å². The normalized spacial score (nSPS) is 10.9. The number of fused-ring (bicyclic) bond motifs is 1. The second-order valence-corrected chi connectivity index (χ2v) is 3.63. The van der Waals surface area contributed by atoms with Gasteiger partial charge in [-0.2, -0.15) is 0 Å². The molecule has 0 saturated carbocycles. The largest absolute Gasteiger partial charge is 0.497 e. The molecule has 2 aromatic rings. The zero-order chi connectivity index (χ0) is 11.5. The van der Waals surface area contributed by atoms with Gasteiger partial charge < -0.3 is 9.30 Å². The lowest BCUT2D eigenvalue weighted by Gasteiger charge is -2.02. The molecular weight excluding hydrogens is 204 g/mol. The molecule has 0 aliphatic rings. The van der Waals surface area contributed by atoms with Crippen molar-refractivity contribution in [3.8, 4) is 5.75 Å². The van der Waals surface area contributed by atoms with Gasteiger partial charge in [0.1, 0.15) is 5.75 Å². The number of hydrogen-bond donors (Lipinski definition) is 1. The molecule has 0 fully saturated rings. The van der Waals surface area contributed by atoms with Crippen molar-refractivity contribution in [2.24, 2.45) is 5.90 Å². The number of aryl methyl sites for hydroxylation is 1. The highest BCUT2D eigenvalue weighted by atomic mass is 16.6. The molecule has 0 spiro atoms. The lowest BCUT2D eigenvalue weighted by molar-refractivity contribution is 0.125. The van der Waals surface area contributed by atoms with Crippen LogP contribution in [0.4, 0.5) is 0 Å². The van der Waals surface area contributed by atoms with E-state index in [0.29, 0.717) is 6.61 Å². The molecule has 1 heterocycles. The summed E-state index contributed by atoms with van der Waals surface area (Å²) < 4.78 is 7.39. The van der Waals surface area contributed by atoms with Crippen LogP contribution in [-0.2, 0) is 18.0 Å². The maximum Gasteiger partial charge on any atom is 0.119 e. The molecule has 16 heavy (non-hydrogen) atoms. The molecule has 2 N–H and O–H groups in total. The fourth-order valence-corrected chi connectivity index (χ4v) is 1.94. The van der Waals surface area contributed by atoms with Gasteiger partial charge in [0.2, 0.25) is 0 Å². The maximum atomic E-state index is 5.22. The highest BCUT2D eigenvalue weighted by Gasteiger charge is 2.08. The quantitative estimate of drug-likeness (QED) is 0.802. The Hall–Kier alpha value is -1.52. The summed E-state index contributed by atoms with van der Waals surface area (Å²) >= 11 is 0. The van der Waals surface area contributed by atoms with Crippen molar-refractivity contribution in [2.75, 3.05) is 7.11 Å². The van der Waals surface area contributed by atoms with E-state index >= 15 is 0 Å². The zero-order valence-electron chi connectivity index (χ0n) is 9.56. The first-order valence-electron chi connectivity index (χ1n) is 5.27. The fraction of sp³-hybridized carbons (Fsp3) is 0.333. The Bertz CT molecular complexity index is 491. The van der Waals surface area contributed by atoms with Gasteiger partial charge in [-0.25, -0.2) is 5.90 Å². The van der Waals surface area contributed by atoms with Crippen LogP contribution in [0, 0.1) is 0 Å². The Morgan fingerprint density at radius 2 is 2.19 bits per heavy atom. The second-order valence-electron chi connectivity index (χ2n) is 3.63. The van der Waals surface area contributed by atoms with Crippen LogP contribution in [0.1, 0.15) is 12.5 Å². The van der Waals surface area contributed by atoms with Gasteiger partial charge in [-0.15, -0.1) is 0 Å². The second kappa shape index (κ2) is 4.55. The first kappa shape index (κ1) is 11.0. The molecule has 4 nitrogen and oxygen atoms in total. The molecule has 0 bridgehead atoms. The van der Waals surface area contributed by atoms with Crippen LogP contribution < -0.4 is 10.6 Å². The summed E-state index contributed by atoms with van der Waals surface area (Å²) in [4.78, 5) is 4.71. The molecule has 1 aromatic heterocycles. The van der Waals surface area contributed by atoms with E-state index in [1.807, 2.05) is 12.1 Å². The van der Waals surface area contributed by atoms with E-state index in [1.165, 1.54) is 5.52 Å². The van der Waals surface area contributed by atoms with Gasteiger partial charge >= 0.3 is 0 Å². The molecule has 0 saturated heterocycles. The van der Waals surface area contributed by atoms with Crippen molar-refractivity contribution in [1.82, 2.24) is 4.57 Å². The third-order valence-electron chi connectivity index (χ3n) is 2.75. The highest BCUT2D eigenvalue weighted by Crippen LogP contribution is 2.26. The third kappa shape index (κ3) is 1.77. The average molecular weight is 220 g/mol. The predicted octanol–water partition coefficient (Wildman–Crippen LogP) is 2.06. The minimum atomic E-state index is 0.413. The van der Waals surface area contributed by atoms with Crippen LogP contribution in [0.15, 0.2) is 24.4 Å². The van der Waals surface area contributed by atoms with Gasteiger partial charge in [0.05, 0.1) is 13.7 Å².